The predicted octanol–water partition coefficient (Wildman–Crippen LogP) is 5.55. The van der Waals surface area contributed by atoms with Crippen molar-refractivity contribution in [3.63, 3.8) is 0 Å². The van der Waals surface area contributed by atoms with Gasteiger partial charge in [0, 0.05) is 11.1 Å². The number of ether oxygens (including phenoxy) is 1. The van der Waals surface area contributed by atoms with Gasteiger partial charge in [-0.1, -0.05) is 69.3 Å². The van der Waals surface area contributed by atoms with Crippen molar-refractivity contribution in [3.8, 4) is 11.1 Å². The average Bonchev–Trinajstić information content (AvgIpc) is 2.84. The molecule has 0 bridgehead atoms. The van der Waals surface area contributed by atoms with Gasteiger partial charge in [-0.15, -0.1) is 0 Å². The molecule has 126 valence electrons. The van der Waals surface area contributed by atoms with E-state index < -0.39 is 11.0 Å². The molecule has 0 saturated heterocycles. The molecule has 1 atom stereocenters. The number of fused-ring (bicyclic) bond motifs is 3. The van der Waals surface area contributed by atoms with Crippen LogP contribution in [0.5, 0.6) is 0 Å². The molecule has 0 radical (unpaired) electrons. The van der Waals surface area contributed by atoms with Crippen LogP contribution in [-0.4, -0.2) is 5.97 Å². The number of carbonyl (C=O) groups is 1. The number of hydrogen-bond acceptors (Lipinski definition) is 2. The van der Waals surface area contributed by atoms with E-state index in [4.69, 9.17) is 4.74 Å². The summed E-state index contributed by atoms with van der Waals surface area (Å²) in [7, 11) is 0. The normalized spacial score (nSPS) is 17.1. The molecule has 1 aliphatic carbocycles. The van der Waals surface area contributed by atoms with E-state index in [1.54, 1.807) is 0 Å². The van der Waals surface area contributed by atoms with Gasteiger partial charge >= 0.3 is 5.97 Å². The number of rotatable bonds is 4. The van der Waals surface area contributed by atoms with Gasteiger partial charge in [0.15, 0.2) is 5.60 Å². The van der Waals surface area contributed by atoms with E-state index in [0.717, 1.165) is 28.7 Å². The van der Waals surface area contributed by atoms with Crippen LogP contribution in [0, 0.1) is 11.3 Å². The van der Waals surface area contributed by atoms with Crippen LogP contribution in [0.2, 0.25) is 0 Å². The highest BCUT2D eigenvalue weighted by Gasteiger charge is 2.46. The van der Waals surface area contributed by atoms with Crippen molar-refractivity contribution in [3.05, 3.63) is 59.7 Å². The Kier molecular flexibility index (Phi) is 4.03. The zero-order valence-corrected chi connectivity index (χ0v) is 15.2. The molecule has 0 heterocycles. The Bertz CT molecular complexity index is 730. The Balaban J connectivity index is 2.09. The van der Waals surface area contributed by atoms with Crippen molar-refractivity contribution >= 4 is 5.97 Å². The highest BCUT2D eigenvalue weighted by molar-refractivity contribution is 5.83. The number of carbonyl (C=O) groups excluding carboxylic acids is 1. The molecule has 2 nitrogen and oxygen atoms in total. The maximum atomic E-state index is 13.1. The van der Waals surface area contributed by atoms with Crippen LogP contribution < -0.4 is 0 Å². The first-order valence-electron chi connectivity index (χ1n) is 8.77. The van der Waals surface area contributed by atoms with Crippen molar-refractivity contribution in [1.82, 2.24) is 0 Å². The van der Waals surface area contributed by atoms with Crippen LogP contribution in [0.1, 0.15) is 52.2 Å². The summed E-state index contributed by atoms with van der Waals surface area (Å²) in [4.78, 5) is 13.1. The lowest BCUT2D eigenvalue weighted by Crippen LogP contribution is -2.40. The Morgan fingerprint density at radius 2 is 1.50 bits per heavy atom. The van der Waals surface area contributed by atoms with Gasteiger partial charge in [-0.05, 0) is 37.3 Å². The molecular formula is C22H26O2. The summed E-state index contributed by atoms with van der Waals surface area (Å²) in [5.41, 5.74) is 3.26. The molecule has 1 unspecified atom stereocenters. The van der Waals surface area contributed by atoms with E-state index in [1.165, 1.54) is 0 Å². The lowest BCUT2D eigenvalue weighted by atomic mass is 9.76. The fraction of sp³-hybridized carbons (Fsp3) is 0.409. The van der Waals surface area contributed by atoms with E-state index in [9.17, 15) is 4.79 Å². The second-order valence-electron chi connectivity index (χ2n) is 7.44. The standard InChI is InChI=1S/C22H26O2/c1-6-21(4,15(2)3)20(23)24-22(5)18-13-9-7-11-16(18)17-12-8-10-14-19(17)22/h7-15H,6H2,1-5H3. The molecule has 0 N–H and O–H groups in total. The van der Waals surface area contributed by atoms with Crippen LogP contribution >= 0.6 is 0 Å². The van der Waals surface area contributed by atoms with Crippen LogP contribution in [0.4, 0.5) is 0 Å². The number of esters is 1. The minimum Gasteiger partial charge on any atom is -0.449 e. The summed E-state index contributed by atoms with van der Waals surface area (Å²) in [5.74, 6) is 0.111. The van der Waals surface area contributed by atoms with Crippen molar-refractivity contribution in [2.45, 2.75) is 46.6 Å². The molecule has 2 aromatic rings. The van der Waals surface area contributed by atoms with Crippen LogP contribution in [0.3, 0.4) is 0 Å². The maximum Gasteiger partial charge on any atom is 0.313 e. The second-order valence-corrected chi connectivity index (χ2v) is 7.44. The molecule has 0 spiro atoms. The van der Waals surface area contributed by atoms with Gasteiger partial charge in [-0.3, -0.25) is 4.79 Å². The third-order valence-corrected chi connectivity index (χ3v) is 5.94. The monoisotopic (exact) mass is 322 g/mol. The molecule has 0 aromatic heterocycles. The molecule has 0 amide bonds. The van der Waals surface area contributed by atoms with E-state index in [0.29, 0.717) is 0 Å². The fourth-order valence-electron chi connectivity index (χ4n) is 3.61. The molecule has 0 saturated carbocycles. The minimum atomic E-state index is -0.727. The first-order valence-corrected chi connectivity index (χ1v) is 8.77. The number of benzene rings is 2. The number of hydrogen-bond donors (Lipinski definition) is 0. The zero-order chi connectivity index (χ0) is 17.5. The summed E-state index contributed by atoms with van der Waals surface area (Å²) in [5, 5.41) is 0. The predicted molar refractivity (Wildman–Crippen MR) is 97.7 cm³/mol. The van der Waals surface area contributed by atoms with Crippen molar-refractivity contribution in [1.29, 1.82) is 0 Å². The summed E-state index contributed by atoms with van der Waals surface area (Å²) in [6.07, 6.45) is 0.767. The summed E-state index contributed by atoms with van der Waals surface area (Å²) >= 11 is 0. The highest BCUT2D eigenvalue weighted by Crippen LogP contribution is 2.50. The largest absolute Gasteiger partial charge is 0.449 e. The third kappa shape index (κ3) is 2.28. The third-order valence-electron chi connectivity index (χ3n) is 5.94. The van der Waals surface area contributed by atoms with E-state index in [1.807, 2.05) is 38.1 Å². The lowest BCUT2D eigenvalue weighted by Gasteiger charge is -2.36. The minimum absolute atomic E-state index is 0.117. The quantitative estimate of drug-likeness (QED) is 0.690. The molecule has 24 heavy (non-hydrogen) atoms. The van der Waals surface area contributed by atoms with Gasteiger partial charge in [0.25, 0.3) is 0 Å². The molecule has 1 aliphatic rings. The molecule has 2 heteroatoms. The summed E-state index contributed by atoms with van der Waals surface area (Å²) in [6, 6.07) is 16.4. The van der Waals surface area contributed by atoms with E-state index in [-0.39, 0.29) is 11.9 Å². The van der Waals surface area contributed by atoms with E-state index >= 15 is 0 Å². The van der Waals surface area contributed by atoms with Crippen molar-refractivity contribution in [2.75, 3.05) is 0 Å². The Morgan fingerprint density at radius 1 is 1.04 bits per heavy atom. The molecular weight excluding hydrogens is 296 g/mol. The Labute approximate surface area is 144 Å². The average molecular weight is 322 g/mol. The molecule has 2 aromatic carbocycles. The second kappa shape index (κ2) is 5.77. The van der Waals surface area contributed by atoms with Gasteiger partial charge in [-0.25, -0.2) is 0 Å². The van der Waals surface area contributed by atoms with Gasteiger partial charge in [0.1, 0.15) is 0 Å². The molecule has 0 fully saturated rings. The lowest BCUT2D eigenvalue weighted by molar-refractivity contribution is -0.170. The van der Waals surface area contributed by atoms with Crippen LogP contribution in [-0.2, 0) is 15.1 Å². The smallest absolute Gasteiger partial charge is 0.313 e. The molecule has 0 aliphatic heterocycles. The van der Waals surface area contributed by atoms with Crippen molar-refractivity contribution < 1.29 is 9.53 Å². The Hall–Kier alpha value is -2.09. The fourth-order valence-corrected chi connectivity index (χ4v) is 3.61. The van der Waals surface area contributed by atoms with Crippen LogP contribution in [0.15, 0.2) is 48.5 Å². The van der Waals surface area contributed by atoms with Gasteiger partial charge in [0.2, 0.25) is 0 Å². The first kappa shape index (κ1) is 16.8. The van der Waals surface area contributed by atoms with E-state index in [2.05, 4.69) is 45.0 Å². The highest BCUT2D eigenvalue weighted by atomic mass is 16.6. The van der Waals surface area contributed by atoms with Gasteiger partial charge in [-0.2, -0.15) is 0 Å². The van der Waals surface area contributed by atoms with Crippen LogP contribution in [0.25, 0.3) is 11.1 Å². The zero-order valence-electron chi connectivity index (χ0n) is 15.2. The van der Waals surface area contributed by atoms with Gasteiger partial charge < -0.3 is 4.74 Å². The van der Waals surface area contributed by atoms with Gasteiger partial charge in [0.05, 0.1) is 5.41 Å². The first-order chi connectivity index (χ1) is 11.3. The maximum absolute atomic E-state index is 13.1. The molecule has 3 rings (SSSR count). The summed E-state index contributed by atoms with van der Waals surface area (Å²) in [6.45, 7) is 10.3. The summed E-state index contributed by atoms with van der Waals surface area (Å²) < 4.78 is 6.23. The Morgan fingerprint density at radius 3 is 1.92 bits per heavy atom. The SMILES string of the molecule is CCC(C)(C(=O)OC1(C)c2ccccc2-c2ccccc21)C(C)C. The topological polar surface area (TPSA) is 26.3 Å². The van der Waals surface area contributed by atoms with Crippen molar-refractivity contribution in [2.24, 2.45) is 11.3 Å².